The van der Waals surface area contributed by atoms with Crippen molar-refractivity contribution in [1.82, 2.24) is 10.2 Å². The Kier molecular flexibility index (Phi) is 11.1. The van der Waals surface area contributed by atoms with E-state index in [0.29, 0.717) is 26.4 Å². The Bertz CT molecular complexity index is 550. The average Bonchev–Trinajstić information content (AvgIpc) is 2.93. The van der Waals surface area contributed by atoms with Crippen LogP contribution in [0.2, 0.25) is 0 Å². The summed E-state index contributed by atoms with van der Waals surface area (Å²) in [7, 11) is 3.26. The number of hydrogen-bond acceptors (Lipinski definition) is 8. The molecule has 1 unspecified atom stereocenters. The summed E-state index contributed by atoms with van der Waals surface area (Å²) in [4.78, 5) is 46.6. The van der Waals surface area contributed by atoms with Gasteiger partial charge in [0, 0.05) is 29.7 Å². The minimum Gasteiger partial charge on any atom is -0.464 e. The lowest BCUT2D eigenvalue weighted by molar-refractivity contribution is -0.147. The summed E-state index contributed by atoms with van der Waals surface area (Å²) in [5, 5.41) is 2.79. The van der Waals surface area contributed by atoms with E-state index in [1.54, 1.807) is 35.4 Å². The molecule has 1 rings (SSSR count). The van der Waals surface area contributed by atoms with Crippen LogP contribution in [0.4, 0.5) is 0 Å². The molecule has 152 valence electrons. The van der Waals surface area contributed by atoms with Crippen molar-refractivity contribution in [2.45, 2.75) is 26.0 Å². The molecule has 0 aliphatic carbocycles. The molecule has 10 heteroatoms. The fourth-order valence-electron chi connectivity index (χ4n) is 1.80. The van der Waals surface area contributed by atoms with Gasteiger partial charge >= 0.3 is 5.97 Å². The van der Waals surface area contributed by atoms with E-state index in [1.165, 1.54) is 0 Å². The highest BCUT2D eigenvalue weighted by atomic mass is 33.1. The topological polar surface area (TPSA) is 102 Å². The minimum atomic E-state index is -0.478. The van der Waals surface area contributed by atoms with Crippen LogP contribution in [-0.4, -0.2) is 72.5 Å². The normalized spacial score (nSPS) is 14.7. The predicted octanol–water partition coefficient (Wildman–Crippen LogP) is 1.01. The van der Waals surface area contributed by atoms with E-state index in [2.05, 4.69) is 5.32 Å². The lowest BCUT2D eigenvalue weighted by Crippen LogP contribution is -2.41. The van der Waals surface area contributed by atoms with Crippen LogP contribution in [-0.2, 0) is 28.7 Å². The second-order valence-electron chi connectivity index (χ2n) is 6.07. The number of nitrogens with zero attached hydrogens (tertiary/aromatic N) is 1. The number of nitrogens with one attached hydrogen (secondary N) is 1. The molecule has 3 amide bonds. The van der Waals surface area contributed by atoms with E-state index >= 15 is 0 Å². The molecular weight excluding hydrogens is 392 g/mol. The van der Waals surface area contributed by atoms with Crippen LogP contribution in [0.5, 0.6) is 0 Å². The van der Waals surface area contributed by atoms with Gasteiger partial charge < -0.3 is 14.8 Å². The zero-order valence-electron chi connectivity index (χ0n) is 15.8. The molecule has 0 bridgehead atoms. The van der Waals surface area contributed by atoms with Gasteiger partial charge in [0.05, 0.1) is 19.1 Å². The van der Waals surface area contributed by atoms with Crippen LogP contribution in [0, 0.1) is 5.92 Å². The molecule has 1 heterocycles. The first-order valence-electron chi connectivity index (χ1n) is 8.64. The van der Waals surface area contributed by atoms with Crippen LogP contribution < -0.4 is 5.32 Å². The Morgan fingerprint density at radius 2 is 1.81 bits per heavy atom. The number of carbonyl (C=O) groups excluding carboxylic acids is 4. The zero-order valence-corrected chi connectivity index (χ0v) is 17.4. The molecule has 0 fully saturated rings. The second-order valence-corrected chi connectivity index (χ2v) is 9.00. The molecular formula is C17H26N2O6S2. The molecule has 0 aromatic rings. The van der Waals surface area contributed by atoms with Gasteiger partial charge in [-0.15, -0.1) is 0 Å². The van der Waals surface area contributed by atoms with E-state index < -0.39 is 17.7 Å². The Morgan fingerprint density at radius 3 is 2.44 bits per heavy atom. The fraction of sp³-hybridized carbons (Fsp3) is 0.647. The van der Waals surface area contributed by atoms with Crippen LogP contribution in [0.25, 0.3) is 0 Å². The number of ether oxygens (including phenoxy) is 2. The maximum absolute atomic E-state index is 11.7. The van der Waals surface area contributed by atoms with Crippen molar-refractivity contribution in [3.05, 3.63) is 12.2 Å². The van der Waals surface area contributed by atoms with Crippen LogP contribution in [0.1, 0.15) is 20.8 Å². The number of rotatable bonds is 13. The van der Waals surface area contributed by atoms with Crippen LogP contribution in [0.15, 0.2) is 12.2 Å². The van der Waals surface area contributed by atoms with E-state index in [4.69, 9.17) is 9.47 Å². The quantitative estimate of drug-likeness (QED) is 0.205. The summed E-state index contributed by atoms with van der Waals surface area (Å²) in [6.45, 7) is 6.89. The SMILES string of the molecule is CC(COC(=O)C(C)C)SSCCOCCNC(=O)CN1C(=O)C=CC1=O. The highest BCUT2D eigenvalue weighted by Crippen LogP contribution is 2.26. The third kappa shape index (κ3) is 9.83. The molecule has 1 aliphatic heterocycles. The van der Waals surface area contributed by atoms with Gasteiger partial charge in [-0.1, -0.05) is 35.4 Å². The summed E-state index contributed by atoms with van der Waals surface area (Å²) < 4.78 is 10.6. The summed E-state index contributed by atoms with van der Waals surface area (Å²) in [6.07, 6.45) is 2.28. The average molecular weight is 419 g/mol. The van der Waals surface area contributed by atoms with Crippen molar-refractivity contribution in [3.8, 4) is 0 Å². The van der Waals surface area contributed by atoms with Crippen LogP contribution in [0.3, 0.4) is 0 Å². The van der Waals surface area contributed by atoms with Gasteiger partial charge in [0.2, 0.25) is 5.91 Å². The standard InChI is InChI=1S/C17H26N2O6S2/c1-12(2)17(23)25-11-13(3)27-26-9-8-24-7-6-18-14(20)10-19-15(21)4-5-16(19)22/h4-5,12-13H,6-11H2,1-3H3,(H,18,20). The van der Waals surface area contributed by atoms with Crippen molar-refractivity contribution in [2.24, 2.45) is 5.92 Å². The van der Waals surface area contributed by atoms with Crippen molar-refractivity contribution < 1.29 is 28.7 Å². The molecule has 1 atom stereocenters. The van der Waals surface area contributed by atoms with Gasteiger partial charge in [0.25, 0.3) is 11.8 Å². The molecule has 0 saturated carbocycles. The number of esters is 1. The maximum Gasteiger partial charge on any atom is 0.308 e. The number of hydrogen-bond donors (Lipinski definition) is 1. The van der Waals surface area contributed by atoms with Gasteiger partial charge in [0.1, 0.15) is 13.2 Å². The monoisotopic (exact) mass is 418 g/mol. The molecule has 0 spiro atoms. The summed E-state index contributed by atoms with van der Waals surface area (Å²) in [6, 6.07) is 0. The van der Waals surface area contributed by atoms with Crippen LogP contribution >= 0.6 is 21.6 Å². The van der Waals surface area contributed by atoms with E-state index in [1.807, 2.05) is 6.92 Å². The zero-order chi connectivity index (χ0) is 20.2. The van der Waals surface area contributed by atoms with Gasteiger partial charge in [-0.2, -0.15) is 0 Å². The molecule has 27 heavy (non-hydrogen) atoms. The van der Waals surface area contributed by atoms with E-state index in [-0.39, 0.29) is 23.7 Å². The molecule has 0 aromatic heterocycles. The lowest BCUT2D eigenvalue weighted by atomic mass is 10.2. The third-order valence-corrected chi connectivity index (χ3v) is 6.07. The summed E-state index contributed by atoms with van der Waals surface area (Å²) >= 11 is 0. The van der Waals surface area contributed by atoms with Gasteiger partial charge in [-0.05, 0) is 6.92 Å². The molecule has 0 radical (unpaired) electrons. The van der Waals surface area contributed by atoms with Crippen molar-refractivity contribution in [3.63, 3.8) is 0 Å². The molecule has 8 nitrogen and oxygen atoms in total. The summed E-state index contributed by atoms with van der Waals surface area (Å²) in [5.41, 5.74) is 0. The highest BCUT2D eigenvalue weighted by Gasteiger charge is 2.25. The number of imide groups is 1. The fourth-order valence-corrected chi connectivity index (χ4v) is 3.80. The minimum absolute atomic E-state index is 0.114. The van der Waals surface area contributed by atoms with Gasteiger partial charge in [-0.3, -0.25) is 24.1 Å². The predicted molar refractivity (Wildman–Crippen MR) is 105 cm³/mol. The molecule has 1 aliphatic rings. The number of amides is 3. The van der Waals surface area contributed by atoms with Crippen molar-refractivity contribution in [1.29, 1.82) is 0 Å². The van der Waals surface area contributed by atoms with Gasteiger partial charge in [0.15, 0.2) is 0 Å². The largest absolute Gasteiger partial charge is 0.464 e. The lowest BCUT2D eigenvalue weighted by Gasteiger charge is -2.13. The van der Waals surface area contributed by atoms with E-state index in [9.17, 15) is 19.2 Å². The Balaban J connectivity index is 1.95. The molecule has 0 saturated heterocycles. The first kappa shape index (κ1) is 23.5. The Morgan fingerprint density at radius 1 is 1.15 bits per heavy atom. The molecule has 0 aromatic carbocycles. The smallest absolute Gasteiger partial charge is 0.308 e. The van der Waals surface area contributed by atoms with Gasteiger partial charge in [-0.25, -0.2) is 0 Å². The first-order chi connectivity index (χ1) is 12.8. The van der Waals surface area contributed by atoms with E-state index in [0.717, 1.165) is 22.8 Å². The third-order valence-electron chi connectivity index (χ3n) is 3.25. The summed E-state index contributed by atoms with van der Waals surface area (Å²) in [5.74, 6) is -0.893. The molecule has 1 N–H and O–H groups in total. The highest BCUT2D eigenvalue weighted by molar-refractivity contribution is 8.76. The number of carbonyl (C=O) groups is 4. The second kappa shape index (κ2) is 12.8. The Labute approximate surface area is 167 Å². The van der Waals surface area contributed by atoms with Crippen molar-refractivity contribution >= 4 is 45.3 Å². The Hall–Kier alpha value is -1.52. The van der Waals surface area contributed by atoms with Crippen molar-refractivity contribution in [2.75, 3.05) is 38.7 Å². The maximum atomic E-state index is 11.7. The first-order valence-corrected chi connectivity index (χ1v) is 11.0.